The maximum atomic E-state index is 4.45. The van der Waals surface area contributed by atoms with Gasteiger partial charge in [-0.05, 0) is 34.7 Å². The second-order valence-electron chi connectivity index (χ2n) is 7.14. The summed E-state index contributed by atoms with van der Waals surface area (Å²) in [6.45, 7) is 9.50. The van der Waals surface area contributed by atoms with Crippen molar-refractivity contribution >= 4 is 10.8 Å². The van der Waals surface area contributed by atoms with Gasteiger partial charge in [-0.15, -0.1) is 0 Å². The van der Waals surface area contributed by atoms with Crippen molar-refractivity contribution in [3.05, 3.63) is 42.2 Å². The van der Waals surface area contributed by atoms with Crippen molar-refractivity contribution < 1.29 is 0 Å². The maximum Gasteiger partial charge on any atom is 0.0378 e. The molecule has 2 aromatic rings. The van der Waals surface area contributed by atoms with Crippen molar-refractivity contribution in [3.63, 3.8) is 0 Å². The van der Waals surface area contributed by atoms with Crippen LogP contribution in [0.5, 0.6) is 0 Å². The van der Waals surface area contributed by atoms with Crippen molar-refractivity contribution in [1.29, 1.82) is 0 Å². The number of fused-ring (bicyclic) bond motifs is 1. The molecule has 1 atom stereocenters. The molecule has 1 saturated carbocycles. The van der Waals surface area contributed by atoms with E-state index in [2.05, 4.69) is 69.3 Å². The van der Waals surface area contributed by atoms with Gasteiger partial charge in [0.2, 0.25) is 0 Å². The van der Waals surface area contributed by atoms with Gasteiger partial charge in [0.05, 0.1) is 0 Å². The second-order valence-corrected chi connectivity index (χ2v) is 7.14. The van der Waals surface area contributed by atoms with Crippen LogP contribution in [0.2, 0.25) is 0 Å². The Labute approximate surface area is 121 Å². The summed E-state index contributed by atoms with van der Waals surface area (Å²) in [5, 5.41) is 6.09. The van der Waals surface area contributed by atoms with Crippen molar-refractivity contribution in [3.8, 4) is 0 Å². The third-order valence-corrected chi connectivity index (χ3v) is 5.81. The molecular weight excluding hydrogens is 244 g/mol. The van der Waals surface area contributed by atoms with Crippen LogP contribution < -0.4 is 5.32 Å². The number of hydrogen-bond donors (Lipinski definition) is 1. The zero-order valence-corrected chi connectivity index (χ0v) is 13.1. The molecule has 0 aliphatic heterocycles. The van der Waals surface area contributed by atoms with Gasteiger partial charge in [-0.3, -0.25) is 4.98 Å². The van der Waals surface area contributed by atoms with Crippen LogP contribution in [0.15, 0.2) is 36.7 Å². The van der Waals surface area contributed by atoms with E-state index in [1.165, 1.54) is 16.3 Å². The molecule has 2 nitrogen and oxygen atoms in total. The van der Waals surface area contributed by atoms with Crippen molar-refractivity contribution in [2.24, 2.45) is 16.7 Å². The van der Waals surface area contributed by atoms with Gasteiger partial charge in [0.1, 0.15) is 0 Å². The lowest BCUT2D eigenvalue weighted by Crippen LogP contribution is -2.22. The zero-order valence-electron chi connectivity index (χ0n) is 13.1. The third kappa shape index (κ3) is 1.71. The van der Waals surface area contributed by atoms with Crippen LogP contribution in [0.25, 0.3) is 10.8 Å². The number of pyridine rings is 1. The smallest absolute Gasteiger partial charge is 0.0378 e. The Kier molecular flexibility index (Phi) is 2.91. The molecule has 106 valence electrons. The quantitative estimate of drug-likeness (QED) is 0.903. The van der Waals surface area contributed by atoms with E-state index in [9.17, 15) is 0 Å². The molecule has 1 aliphatic carbocycles. The van der Waals surface area contributed by atoms with Crippen molar-refractivity contribution in [1.82, 2.24) is 10.3 Å². The van der Waals surface area contributed by atoms with Crippen LogP contribution in [0.4, 0.5) is 0 Å². The second kappa shape index (κ2) is 4.29. The minimum atomic E-state index is 0.359. The largest absolute Gasteiger partial charge is 0.313 e. The first-order valence-corrected chi connectivity index (χ1v) is 7.41. The number of aromatic nitrogens is 1. The van der Waals surface area contributed by atoms with Gasteiger partial charge < -0.3 is 5.32 Å². The van der Waals surface area contributed by atoms with E-state index < -0.39 is 0 Å². The van der Waals surface area contributed by atoms with Crippen molar-refractivity contribution in [2.45, 2.75) is 33.7 Å². The van der Waals surface area contributed by atoms with E-state index in [4.69, 9.17) is 0 Å². The molecule has 3 rings (SSSR count). The molecule has 1 unspecified atom stereocenters. The van der Waals surface area contributed by atoms with Crippen LogP contribution in [-0.2, 0) is 0 Å². The Morgan fingerprint density at radius 3 is 2.30 bits per heavy atom. The summed E-state index contributed by atoms with van der Waals surface area (Å²) in [6.07, 6.45) is 3.99. The van der Waals surface area contributed by atoms with E-state index >= 15 is 0 Å². The minimum absolute atomic E-state index is 0.359. The SMILES string of the molecule is CNC(c1cncc2ccccc12)C1C(C)(C)C1(C)C. The molecule has 1 heterocycles. The summed E-state index contributed by atoms with van der Waals surface area (Å²) in [5.74, 6) is 0.632. The molecular formula is C18H24N2. The maximum absolute atomic E-state index is 4.45. The molecule has 0 bridgehead atoms. The Morgan fingerprint density at radius 2 is 1.70 bits per heavy atom. The van der Waals surface area contributed by atoms with Crippen molar-refractivity contribution in [2.75, 3.05) is 7.05 Å². The fraction of sp³-hybridized carbons (Fsp3) is 0.500. The number of hydrogen-bond acceptors (Lipinski definition) is 2. The number of nitrogens with one attached hydrogen (secondary N) is 1. The normalized spacial score (nSPS) is 21.9. The molecule has 2 heteroatoms. The molecule has 1 aromatic heterocycles. The lowest BCUT2D eigenvalue weighted by Gasteiger charge is -2.20. The Balaban J connectivity index is 2.10. The van der Waals surface area contributed by atoms with E-state index in [1.54, 1.807) is 0 Å². The topological polar surface area (TPSA) is 24.9 Å². The van der Waals surface area contributed by atoms with E-state index in [1.807, 2.05) is 12.4 Å². The van der Waals surface area contributed by atoms with Crippen LogP contribution in [0.1, 0.15) is 39.3 Å². The van der Waals surface area contributed by atoms with Crippen LogP contribution in [0.3, 0.4) is 0 Å². The van der Waals surface area contributed by atoms with Crippen LogP contribution >= 0.6 is 0 Å². The number of benzene rings is 1. The number of nitrogens with zero attached hydrogens (tertiary/aromatic N) is 1. The molecule has 1 aliphatic rings. The summed E-state index contributed by atoms with van der Waals surface area (Å²) < 4.78 is 0. The predicted octanol–water partition coefficient (Wildman–Crippen LogP) is 4.18. The first-order chi connectivity index (χ1) is 9.41. The molecule has 1 N–H and O–H groups in total. The van der Waals surface area contributed by atoms with E-state index in [0.29, 0.717) is 22.8 Å². The molecule has 0 spiro atoms. The lowest BCUT2D eigenvalue weighted by atomic mass is 9.94. The highest BCUT2D eigenvalue weighted by Crippen LogP contribution is 2.72. The van der Waals surface area contributed by atoms with Gasteiger partial charge in [0, 0.05) is 23.8 Å². The zero-order chi connectivity index (χ0) is 14.5. The minimum Gasteiger partial charge on any atom is -0.313 e. The van der Waals surface area contributed by atoms with Gasteiger partial charge in [-0.2, -0.15) is 0 Å². The van der Waals surface area contributed by atoms with Crippen LogP contribution in [-0.4, -0.2) is 12.0 Å². The average Bonchev–Trinajstić information content (AvgIpc) is 2.83. The number of rotatable bonds is 3. The first-order valence-electron chi connectivity index (χ1n) is 7.41. The van der Waals surface area contributed by atoms with Gasteiger partial charge >= 0.3 is 0 Å². The summed E-state index contributed by atoms with van der Waals surface area (Å²) in [5.41, 5.74) is 2.05. The Bertz CT molecular complexity index is 623. The fourth-order valence-corrected chi connectivity index (χ4v) is 3.97. The summed E-state index contributed by atoms with van der Waals surface area (Å²) >= 11 is 0. The molecule has 0 saturated heterocycles. The Hall–Kier alpha value is -1.41. The molecule has 1 aromatic carbocycles. The monoisotopic (exact) mass is 268 g/mol. The predicted molar refractivity (Wildman–Crippen MR) is 84.6 cm³/mol. The van der Waals surface area contributed by atoms with Gasteiger partial charge in [-0.1, -0.05) is 52.0 Å². The summed E-state index contributed by atoms with van der Waals surface area (Å²) in [4.78, 5) is 4.45. The van der Waals surface area contributed by atoms with E-state index in [-0.39, 0.29) is 0 Å². The first kappa shape index (κ1) is 13.6. The molecule has 20 heavy (non-hydrogen) atoms. The standard InChI is InChI=1S/C18H24N2/c1-17(2)16(18(17,3)4)15(19-5)14-11-20-10-12-8-6-7-9-13(12)14/h6-11,15-16,19H,1-5H3. The fourth-order valence-electron chi connectivity index (χ4n) is 3.97. The van der Waals surface area contributed by atoms with Gasteiger partial charge in [0.15, 0.2) is 0 Å². The highest BCUT2D eigenvalue weighted by molar-refractivity contribution is 5.85. The highest BCUT2D eigenvalue weighted by Gasteiger charge is 2.67. The van der Waals surface area contributed by atoms with Crippen LogP contribution in [0, 0.1) is 16.7 Å². The van der Waals surface area contributed by atoms with E-state index in [0.717, 1.165) is 0 Å². The molecule has 0 amide bonds. The summed E-state index contributed by atoms with van der Waals surface area (Å²) in [6, 6.07) is 8.90. The third-order valence-electron chi connectivity index (χ3n) is 5.81. The highest BCUT2D eigenvalue weighted by atomic mass is 14.9. The Morgan fingerprint density at radius 1 is 1.05 bits per heavy atom. The molecule has 1 fully saturated rings. The average molecular weight is 268 g/mol. The lowest BCUT2D eigenvalue weighted by molar-refractivity contribution is 0.439. The molecule has 0 radical (unpaired) electrons. The van der Waals surface area contributed by atoms with Gasteiger partial charge in [-0.25, -0.2) is 0 Å². The van der Waals surface area contributed by atoms with Gasteiger partial charge in [0.25, 0.3) is 0 Å². The summed E-state index contributed by atoms with van der Waals surface area (Å²) in [7, 11) is 2.07.